The largest absolute Gasteiger partial charge is 0.468 e. The van der Waals surface area contributed by atoms with Crippen molar-refractivity contribution in [2.24, 2.45) is 0 Å². The van der Waals surface area contributed by atoms with Crippen LogP contribution in [-0.4, -0.2) is 19.4 Å². The first-order valence-electron chi connectivity index (χ1n) is 3.97. The molecule has 0 saturated carbocycles. The van der Waals surface area contributed by atoms with Crippen LogP contribution in [0.25, 0.3) is 0 Å². The van der Waals surface area contributed by atoms with Crippen LogP contribution in [0.15, 0.2) is 24.3 Å². The summed E-state index contributed by atoms with van der Waals surface area (Å²) < 4.78 is 17.2. The van der Waals surface area contributed by atoms with Gasteiger partial charge in [0.1, 0.15) is 18.0 Å². The van der Waals surface area contributed by atoms with Gasteiger partial charge in [-0.1, -0.05) is 12.1 Å². The molecule has 0 aromatic heterocycles. The van der Waals surface area contributed by atoms with E-state index in [0.717, 1.165) is 6.07 Å². The first-order valence-corrected chi connectivity index (χ1v) is 3.97. The van der Waals surface area contributed by atoms with Crippen LogP contribution in [0.5, 0.6) is 0 Å². The Morgan fingerprint density at radius 3 is 2.79 bits per heavy atom. The summed E-state index contributed by atoms with van der Waals surface area (Å²) in [5.41, 5.74) is 0.298. The highest BCUT2D eigenvalue weighted by Gasteiger charge is 2.20. The summed E-state index contributed by atoms with van der Waals surface area (Å²) in [7, 11) is 1.18. The lowest BCUT2D eigenvalue weighted by molar-refractivity contribution is -0.143. The Hall–Kier alpha value is -1.71. The molecule has 0 amide bonds. The van der Waals surface area contributed by atoms with Crippen molar-refractivity contribution in [3.05, 3.63) is 35.6 Å². The predicted molar refractivity (Wildman–Crippen MR) is 47.2 cm³/mol. The van der Waals surface area contributed by atoms with Crippen LogP contribution < -0.4 is 0 Å². The first kappa shape index (κ1) is 10.4. The standard InChI is InChI=1S/C10H9FO3/c1-14-10(13)9(6-12)7-3-2-4-8(11)5-7/h2-6,9H,1H3/t9-/m1/s1. The lowest BCUT2D eigenvalue weighted by atomic mass is 10.0. The Kier molecular flexibility index (Phi) is 3.34. The molecule has 1 aromatic carbocycles. The Morgan fingerprint density at radius 2 is 2.29 bits per heavy atom. The molecule has 1 atom stereocenters. The maximum Gasteiger partial charge on any atom is 0.320 e. The van der Waals surface area contributed by atoms with Gasteiger partial charge in [-0.15, -0.1) is 0 Å². The van der Waals surface area contributed by atoms with Crippen molar-refractivity contribution in [2.75, 3.05) is 7.11 Å². The number of aldehydes is 1. The number of halogens is 1. The SMILES string of the molecule is COC(=O)[C@H](C=O)c1cccc(F)c1. The Morgan fingerprint density at radius 1 is 1.57 bits per heavy atom. The Balaban J connectivity index is 3.00. The fraction of sp³-hybridized carbons (Fsp3) is 0.200. The maximum absolute atomic E-state index is 12.8. The lowest BCUT2D eigenvalue weighted by Gasteiger charge is -2.07. The van der Waals surface area contributed by atoms with Gasteiger partial charge in [-0.05, 0) is 17.7 Å². The molecule has 74 valence electrons. The molecule has 0 spiro atoms. The average molecular weight is 196 g/mol. The summed E-state index contributed by atoms with van der Waals surface area (Å²) in [6, 6.07) is 5.31. The van der Waals surface area contributed by atoms with Crippen molar-refractivity contribution in [3.63, 3.8) is 0 Å². The lowest BCUT2D eigenvalue weighted by Crippen LogP contribution is -2.15. The number of benzene rings is 1. The zero-order chi connectivity index (χ0) is 10.6. The second-order valence-corrected chi connectivity index (χ2v) is 2.69. The summed E-state index contributed by atoms with van der Waals surface area (Å²) in [5, 5.41) is 0. The van der Waals surface area contributed by atoms with E-state index in [9.17, 15) is 14.0 Å². The molecule has 0 aliphatic heterocycles. The number of rotatable bonds is 3. The molecule has 0 N–H and O–H groups in total. The number of hydrogen-bond donors (Lipinski definition) is 0. The van der Waals surface area contributed by atoms with Crippen LogP contribution in [-0.2, 0) is 14.3 Å². The minimum Gasteiger partial charge on any atom is -0.468 e. The number of ether oxygens (including phenoxy) is 1. The fourth-order valence-corrected chi connectivity index (χ4v) is 1.10. The molecule has 0 aliphatic carbocycles. The van der Waals surface area contributed by atoms with Crippen LogP contribution in [0.1, 0.15) is 11.5 Å². The molecule has 3 nitrogen and oxygen atoms in total. The molecule has 4 heteroatoms. The van der Waals surface area contributed by atoms with E-state index in [-0.39, 0.29) is 0 Å². The van der Waals surface area contributed by atoms with Crippen molar-refractivity contribution in [3.8, 4) is 0 Å². The summed E-state index contributed by atoms with van der Waals surface area (Å²) in [6.07, 6.45) is 0.431. The summed E-state index contributed by atoms with van der Waals surface area (Å²) >= 11 is 0. The highest BCUT2D eigenvalue weighted by atomic mass is 19.1. The quantitative estimate of drug-likeness (QED) is 0.415. The third-order valence-electron chi connectivity index (χ3n) is 1.80. The highest BCUT2D eigenvalue weighted by Crippen LogP contribution is 2.15. The molecule has 0 aliphatic rings. The van der Waals surface area contributed by atoms with E-state index in [1.807, 2.05) is 0 Å². The second-order valence-electron chi connectivity index (χ2n) is 2.69. The average Bonchev–Trinajstić information content (AvgIpc) is 2.19. The van der Waals surface area contributed by atoms with Gasteiger partial charge in [0.15, 0.2) is 0 Å². The zero-order valence-electron chi connectivity index (χ0n) is 7.57. The highest BCUT2D eigenvalue weighted by molar-refractivity contribution is 5.94. The van der Waals surface area contributed by atoms with Crippen LogP contribution in [0.2, 0.25) is 0 Å². The minimum atomic E-state index is -1.05. The van der Waals surface area contributed by atoms with E-state index in [4.69, 9.17) is 0 Å². The maximum atomic E-state index is 12.8. The van der Waals surface area contributed by atoms with Gasteiger partial charge in [0.05, 0.1) is 7.11 Å². The Bertz CT molecular complexity index is 349. The van der Waals surface area contributed by atoms with E-state index in [1.165, 1.54) is 25.3 Å². The molecule has 0 radical (unpaired) electrons. The van der Waals surface area contributed by atoms with E-state index in [1.54, 1.807) is 0 Å². The van der Waals surface area contributed by atoms with E-state index < -0.39 is 17.7 Å². The fourth-order valence-electron chi connectivity index (χ4n) is 1.10. The molecule has 0 fully saturated rings. The molecule has 1 aromatic rings. The number of methoxy groups -OCH3 is 1. The molecule has 14 heavy (non-hydrogen) atoms. The van der Waals surface area contributed by atoms with E-state index >= 15 is 0 Å². The van der Waals surface area contributed by atoms with Gasteiger partial charge in [0.25, 0.3) is 0 Å². The van der Waals surface area contributed by atoms with Crippen molar-refractivity contribution < 1.29 is 18.7 Å². The summed E-state index contributed by atoms with van der Waals surface area (Å²) in [6.45, 7) is 0. The van der Waals surface area contributed by atoms with Gasteiger partial charge in [0.2, 0.25) is 0 Å². The summed E-state index contributed by atoms with van der Waals surface area (Å²) in [4.78, 5) is 21.7. The molecule has 0 unspecified atom stereocenters. The Labute approximate surface area is 80.5 Å². The van der Waals surface area contributed by atoms with E-state index in [2.05, 4.69) is 4.74 Å². The number of hydrogen-bond acceptors (Lipinski definition) is 3. The first-order chi connectivity index (χ1) is 6.69. The van der Waals surface area contributed by atoms with Crippen LogP contribution in [0, 0.1) is 5.82 Å². The van der Waals surface area contributed by atoms with Gasteiger partial charge >= 0.3 is 5.97 Å². The summed E-state index contributed by atoms with van der Waals surface area (Å²) in [5.74, 6) is -2.22. The molecule has 0 bridgehead atoms. The van der Waals surface area contributed by atoms with Gasteiger partial charge in [-0.3, -0.25) is 4.79 Å². The molecule has 1 rings (SSSR count). The second kappa shape index (κ2) is 4.50. The van der Waals surface area contributed by atoms with Crippen molar-refractivity contribution in [2.45, 2.75) is 5.92 Å². The van der Waals surface area contributed by atoms with Crippen molar-refractivity contribution in [1.29, 1.82) is 0 Å². The van der Waals surface area contributed by atoms with Crippen LogP contribution in [0.4, 0.5) is 4.39 Å². The molecular weight excluding hydrogens is 187 g/mol. The number of carbonyl (C=O) groups excluding carboxylic acids is 2. The monoisotopic (exact) mass is 196 g/mol. The van der Waals surface area contributed by atoms with Gasteiger partial charge in [-0.25, -0.2) is 4.39 Å². The molecule has 0 saturated heterocycles. The van der Waals surface area contributed by atoms with Crippen molar-refractivity contribution in [1.82, 2.24) is 0 Å². The minimum absolute atomic E-state index is 0.298. The van der Waals surface area contributed by atoms with Gasteiger partial charge in [0, 0.05) is 0 Å². The van der Waals surface area contributed by atoms with Gasteiger partial charge < -0.3 is 9.53 Å². The predicted octanol–water partition coefficient (Wildman–Crippen LogP) is 1.28. The zero-order valence-corrected chi connectivity index (χ0v) is 7.57. The third-order valence-corrected chi connectivity index (χ3v) is 1.80. The normalized spacial score (nSPS) is 11.9. The van der Waals surface area contributed by atoms with Crippen LogP contribution >= 0.6 is 0 Å². The number of carbonyl (C=O) groups is 2. The smallest absolute Gasteiger partial charge is 0.320 e. The van der Waals surface area contributed by atoms with Crippen LogP contribution in [0.3, 0.4) is 0 Å². The molecular formula is C10H9FO3. The molecule has 0 heterocycles. The van der Waals surface area contributed by atoms with Gasteiger partial charge in [-0.2, -0.15) is 0 Å². The topological polar surface area (TPSA) is 43.4 Å². The van der Waals surface area contributed by atoms with E-state index in [0.29, 0.717) is 11.8 Å². The number of esters is 1. The third kappa shape index (κ3) is 2.16. The van der Waals surface area contributed by atoms with Crippen molar-refractivity contribution >= 4 is 12.3 Å².